The molecule has 0 fully saturated rings. The van der Waals surface area contributed by atoms with Gasteiger partial charge in [-0.15, -0.1) is 5.10 Å². The summed E-state index contributed by atoms with van der Waals surface area (Å²) < 4.78 is 1.54. The van der Waals surface area contributed by atoms with Gasteiger partial charge in [0.2, 0.25) is 0 Å². The van der Waals surface area contributed by atoms with E-state index in [1.807, 2.05) is 32.0 Å². The molecule has 0 amide bonds. The molecule has 1 heterocycles. The van der Waals surface area contributed by atoms with Crippen LogP contribution in [0.4, 0.5) is 0 Å². The van der Waals surface area contributed by atoms with Crippen LogP contribution in [0.25, 0.3) is 11.4 Å². The highest BCUT2D eigenvalue weighted by Gasteiger charge is 2.17. The highest BCUT2D eigenvalue weighted by atomic mass is 16.4. The van der Waals surface area contributed by atoms with Crippen molar-refractivity contribution >= 4 is 5.97 Å². The number of aryl methyl sites for hydroxylation is 1. The molecule has 19 heavy (non-hydrogen) atoms. The zero-order chi connectivity index (χ0) is 14.0. The molecule has 100 valence electrons. The lowest BCUT2D eigenvalue weighted by molar-refractivity contribution is -0.141. The average Bonchev–Trinajstić information content (AvgIpc) is 2.80. The quantitative estimate of drug-likeness (QED) is 0.904. The number of hydrogen-bond donors (Lipinski definition) is 1. The molecule has 0 saturated heterocycles. The van der Waals surface area contributed by atoms with Crippen LogP contribution in [-0.2, 0) is 11.3 Å². The Morgan fingerprint density at radius 1 is 1.42 bits per heavy atom. The van der Waals surface area contributed by atoms with Crippen LogP contribution in [0.2, 0.25) is 0 Å². The van der Waals surface area contributed by atoms with Gasteiger partial charge in [-0.2, -0.15) is 0 Å². The van der Waals surface area contributed by atoms with Crippen LogP contribution in [0, 0.1) is 19.8 Å². The first-order chi connectivity index (χ1) is 9.00. The zero-order valence-corrected chi connectivity index (χ0v) is 11.2. The molecule has 2 aromatic rings. The van der Waals surface area contributed by atoms with Gasteiger partial charge < -0.3 is 5.11 Å². The van der Waals surface area contributed by atoms with Gasteiger partial charge in [0.25, 0.3) is 0 Å². The molecule has 0 aliphatic rings. The van der Waals surface area contributed by atoms with Crippen molar-refractivity contribution < 1.29 is 9.90 Å². The van der Waals surface area contributed by atoms with E-state index < -0.39 is 11.9 Å². The molecule has 1 aromatic carbocycles. The molecule has 2 rings (SSSR count). The third-order valence-corrected chi connectivity index (χ3v) is 3.25. The van der Waals surface area contributed by atoms with E-state index in [0.29, 0.717) is 5.82 Å². The van der Waals surface area contributed by atoms with E-state index in [2.05, 4.69) is 15.5 Å². The summed E-state index contributed by atoms with van der Waals surface area (Å²) in [5.74, 6) is -0.788. The van der Waals surface area contributed by atoms with Crippen molar-refractivity contribution in [2.75, 3.05) is 0 Å². The number of carboxylic acid groups (broad SMARTS) is 1. The van der Waals surface area contributed by atoms with Gasteiger partial charge in [0, 0.05) is 5.56 Å². The van der Waals surface area contributed by atoms with Crippen molar-refractivity contribution in [2.24, 2.45) is 5.92 Å². The Morgan fingerprint density at radius 2 is 2.16 bits per heavy atom. The molecule has 0 spiro atoms. The van der Waals surface area contributed by atoms with E-state index in [0.717, 1.165) is 16.7 Å². The number of benzene rings is 1. The molecule has 0 radical (unpaired) electrons. The van der Waals surface area contributed by atoms with Gasteiger partial charge >= 0.3 is 5.97 Å². The Bertz CT molecular complexity index is 606. The van der Waals surface area contributed by atoms with Crippen LogP contribution in [-0.4, -0.2) is 31.3 Å². The molecule has 1 aromatic heterocycles. The summed E-state index contributed by atoms with van der Waals surface area (Å²) in [6.45, 7) is 5.92. The number of rotatable bonds is 4. The van der Waals surface area contributed by atoms with Crippen LogP contribution >= 0.6 is 0 Å². The summed E-state index contributed by atoms with van der Waals surface area (Å²) in [7, 11) is 0. The molecular weight excluding hydrogens is 244 g/mol. The largest absolute Gasteiger partial charge is 0.481 e. The molecule has 6 heteroatoms. The normalized spacial score (nSPS) is 12.4. The second-order valence-corrected chi connectivity index (χ2v) is 4.67. The summed E-state index contributed by atoms with van der Waals surface area (Å²) in [6, 6.07) is 5.90. The SMILES string of the molecule is Cc1cccc(-c2nnnn2CC(C)C(=O)O)c1C. The van der Waals surface area contributed by atoms with E-state index in [9.17, 15) is 4.79 Å². The highest BCUT2D eigenvalue weighted by molar-refractivity contribution is 5.69. The Labute approximate surface area is 111 Å². The number of aliphatic carboxylic acids is 1. The average molecular weight is 260 g/mol. The Hall–Kier alpha value is -2.24. The number of nitrogens with zero attached hydrogens (tertiary/aromatic N) is 4. The number of carbonyl (C=O) groups is 1. The molecule has 1 atom stereocenters. The van der Waals surface area contributed by atoms with Gasteiger partial charge in [-0.05, 0) is 35.4 Å². The Kier molecular flexibility index (Phi) is 3.59. The number of carboxylic acids is 1. The molecular formula is C13H16N4O2. The molecule has 1 unspecified atom stereocenters. The topological polar surface area (TPSA) is 80.9 Å². The van der Waals surface area contributed by atoms with Crippen LogP contribution in [0.15, 0.2) is 18.2 Å². The number of tetrazole rings is 1. The van der Waals surface area contributed by atoms with Crippen LogP contribution in [0.5, 0.6) is 0 Å². The van der Waals surface area contributed by atoms with Crippen molar-refractivity contribution in [3.05, 3.63) is 29.3 Å². The maximum Gasteiger partial charge on any atom is 0.308 e. The van der Waals surface area contributed by atoms with E-state index in [1.165, 1.54) is 0 Å². The lowest BCUT2D eigenvalue weighted by Crippen LogP contribution is -2.18. The Balaban J connectivity index is 2.39. The van der Waals surface area contributed by atoms with Crippen LogP contribution in [0.1, 0.15) is 18.1 Å². The fraction of sp³-hybridized carbons (Fsp3) is 0.385. The minimum absolute atomic E-state index is 0.255. The summed E-state index contributed by atoms with van der Waals surface area (Å²) in [6.07, 6.45) is 0. The van der Waals surface area contributed by atoms with Crippen molar-refractivity contribution in [1.82, 2.24) is 20.2 Å². The van der Waals surface area contributed by atoms with E-state index >= 15 is 0 Å². The fourth-order valence-electron chi connectivity index (χ4n) is 1.85. The van der Waals surface area contributed by atoms with Gasteiger partial charge in [0.15, 0.2) is 5.82 Å². The second-order valence-electron chi connectivity index (χ2n) is 4.67. The summed E-state index contributed by atoms with van der Waals surface area (Å²) in [5.41, 5.74) is 3.18. The highest BCUT2D eigenvalue weighted by Crippen LogP contribution is 2.23. The first-order valence-corrected chi connectivity index (χ1v) is 6.06. The third kappa shape index (κ3) is 2.62. The van der Waals surface area contributed by atoms with Gasteiger partial charge in [-0.25, -0.2) is 4.68 Å². The van der Waals surface area contributed by atoms with Crippen molar-refractivity contribution in [2.45, 2.75) is 27.3 Å². The second kappa shape index (κ2) is 5.17. The predicted molar refractivity (Wildman–Crippen MR) is 69.5 cm³/mol. The van der Waals surface area contributed by atoms with Gasteiger partial charge in [0.1, 0.15) is 0 Å². The van der Waals surface area contributed by atoms with Crippen molar-refractivity contribution in [3.63, 3.8) is 0 Å². The molecule has 6 nitrogen and oxygen atoms in total. The van der Waals surface area contributed by atoms with Crippen molar-refractivity contribution in [1.29, 1.82) is 0 Å². The van der Waals surface area contributed by atoms with Crippen LogP contribution in [0.3, 0.4) is 0 Å². The minimum atomic E-state index is -0.859. The lowest BCUT2D eigenvalue weighted by Gasteiger charge is -2.10. The van der Waals surface area contributed by atoms with Gasteiger partial charge in [-0.1, -0.05) is 25.1 Å². The molecule has 1 N–H and O–H groups in total. The van der Waals surface area contributed by atoms with E-state index in [4.69, 9.17) is 5.11 Å². The number of aromatic nitrogens is 4. The summed E-state index contributed by atoms with van der Waals surface area (Å²) >= 11 is 0. The first-order valence-electron chi connectivity index (χ1n) is 6.06. The predicted octanol–water partition coefficient (Wildman–Crippen LogP) is 1.68. The van der Waals surface area contributed by atoms with E-state index in [-0.39, 0.29) is 6.54 Å². The maximum atomic E-state index is 10.9. The van der Waals surface area contributed by atoms with Crippen LogP contribution < -0.4 is 0 Å². The minimum Gasteiger partial charge on any atom is -0.481 e. The summed E-state index contributed by atoms with van der Waals surface area (Å²) in [5, 5.41) is 20.5. The monoisotopic (exact) mass is 260 g/mol. The van der Waals surface area contributed by atoms with Gasteiger partial charge in [0.05, 0.1) is 12.5 Å². The lowest BCUT2D eigenvalue weighted by atomic mass is 10.0. The Morgan fingerprint density at radius 3 is 2.84 bits per heavy atom. The zero-order valence-electron chi connectivity index (χ0n) is 11.2. The van der Waals surface area contributed by atoms with Crippen molar-refractivity contribution in [3.8, 4) is 11.4 Å². The third-order valence-electron chi connectivity index (χ3n) is 3.25. The van der Waals surface area contributed by atoms with E-state index in [1.54, 1.807) is 11.6 Å². The molecule has 0 aliphatic carbocycles. The first kappa shape index (κ1) is 13.2. The summed E-state index contributed by atoms with van der Waals surface area (Å²) in [4.78, 5) is 10.9. The molecule has 0 saturated carbocycles. The smallest absolute Gasteiger partial charge is 0.308 e. The number of hydrogen-bond acceptors (Lipinski definition) is 4. The fourth-order valence-corrected chi connectivity index (χ4v) is 1.85. The van der Waals surface area contributed by atoms with Gasteiger partial charge in [-0.3, -0.25) is 4.79 Å². The molecule has 0 aliphatic heterocycles. The maximum absolute atomic E-state index is 10.9. The molecule has 0 bridgehead atoms. The standard InChI is InChI=1S/C13H16N4O2/c1-8-5-4-6-11(10(8)3)12-14-15-16-17(12)7-9(2)13(18)19/h4-6,9H,7H2,1-3H3,(H,18,19).